The van der Waals surface area contributed by atoms with Crippen LogP contribution < -0.4 is 5.56 Å². The number of hydrogen-bond acceptors (Lipinski definition) is 5. The van der Waals surface area contributed by atoms with Crippen molar-refractivity contribution in [2.24, 2.45) is 5.92 Å². The molecule has 0 bridgehead atoms. The molecule has 1 aliphatic rings. The van der Waals surface area contributed by atoms with E-state index in [1.807, 2.05) is 13.8 Å². The fraction of sp³-hybridized carbons (Fsp3) is 0.588. The zero-order valence-electron chi connectivity index (χ0n) is 14.3. The van der Waals surface area contributed by atoms with Gasteiger partial charge in [0.1, 0.15) is 4.83 Å². The Morgan fingerprint density at radius 1 is 1.42 bits per heavy atom. The molecule has 2 aromatic rings. The van der Waals surface area contributed by atoms with Crippen molar-refractivity contribution < 1.29 is 4.79 Å². The minimum atomic E-state index is -0.0650. The summed E-state index contributed by atoms with van der Waals surface area (Å²) in [6.07, 6.45) is 3.14. The Balaban J connectivity index is 1.84. The maximum atomic E-state index is 12.5. The predicted molar refractivity (Wildman–Crippen MR) is 100 cm³/mol. The van der Waals surface area contributed by atoms with E-state index in [-0.39, 0.29) is 11.5 Å². The van der Waals surface area contributed by atoms with E-state index in [0.717, 1.165) is 29.5 Å². The van der Waals surface area contributed by atoms with E-state index in [4.69, 9.17) is 0 Å². The molecule has 1 aliphatic carbocycles. The molecule has 1 amide bonds. The second-order valence-electron chi connectivity index (χ2n) is 6.26. The van der Waals surface area contributed by atoms with Crippen LogP contribution in [0.4, 0.5) is 0 Å². The molecule has 1 unspecified atom stereocenters. The largest absolute Gasteiger partial charge is 0.343 e. The molecule has 130 valence electrons. The second-order valence-corrected chi connectivity index (χ2v) is 8.31. The average Bonchev–Trinajstić information content (AvgIpc) is 2.91. The average molecular weight is 366 g/mol. The van der Waals surface area contributed by atoms with E-state index in [9.17, 15) is 9.59 Å². The van der Waals surface area contributed by atoms with Gasteiger partial charge in [-0.25, -0.2) is 4.98 Å². The van der Waals surface area contributed by atoms with Crippen LogP contribution in [0.3, 0.4) is 0 Å². The summed E-state index contributed by atoms with van der Waals surface area (Å²) in [7, 11) is 0. The van der Waals surface area contributed by atoms with Crippen molar-refractivity contribution in [1.29, 1.82) is 0 Å². The maximum Gasteiger partial charge on any atom is 0.260 e. The van der Waals surface area contributed by atoms with Gasteiger partial charge in [-0.15, -0.1) is 11.3 Å². The fourth-order valence-electron chi connectivity index (χ4n) is 3.20. The van der Waals surface area contributed by atoms with Gasteiger partial charge in [-0.2, -0.15) is 0 Å². The highest BCUT2D eigenvalue weighted by molar-refractivity contribution is 7.99. The molecular weight excluding hydrogens is 342 g/mol. The summed E-state index contributed by atoms with van der Waals surface area (Å²) in [5.74, 6) is 1.05. The lowest BCUT2D eigenvalue weighted by Gasteiger charge is -2.18. The third kappa shape index (κ3) is 3.37. The summed E-state index contributed by atoms with van der Waals surface area (Å²) >= 11 is 2.95. The Morgan fingerprint density at radius 2 is 2.17 bits per heavy atom. The molecule has 0 fully saturated rings. The van der Waals surface area contributed by atoms with Crippen LogP contribution in [-0.4, -0.2) is 39.6 Å². The lowest BCUT2D eigenvalue weighted by atomic mass is 9.89. The van der Waals surface area contributed by atoms with Crippen LogP contribution in [0.25, 0.3) is 10.2 Å². The van der Waals surface area contributed by atoms with E-state index in [1.54, 1.807) is 16.2 Å². The lowest BCUT2D eigenvalue weighted by Crippen LogP contribution is -2.32. The molecule has 0 saturated carbocycles. The quantitative estimate of drug-likeness (QED) is 0.653. The fourth-order valence-corrected chi connectivity index (χ4v) is 5.40. The van der Waals surface area contributed by atoms with Crippen LogP contribution in [-0.2, 0) is 17.6 Å². The molecule has 2 heterocycles. The second kappa shape index (κ2) is 7.27. The van der Waals surface area contributed by atoms with Gasteiger partial charge in [0.05, 0.1) is 11.1 Å². The summed E-state index contributed by atoms with van der Waals surface area (Å²) in [6.45, 7) is 7.60. The number of thiophene rings is 1. The van der Waals surface area contributed by atoms with E-state index < -0.39 is 0 Å². The number of fused-ring (bicyclic) bond motifs is 3. The Labute approximate surface area is 149 Å². The van der Waals surface area contributed by atoms with Crippen LogP contribution in [0.1, 0.15) is 37.6 Å². The van der Waals surface area contributed by atoms with Crippen LogP contribution >= 0.6 is 23.1 Å². The minimum absolute atomic E-state index is 0.0650. The van der Waals surface area contributed by atoms with Gasteiger partial charge in [0, 0.05) is 18.0 Å². The van der Waals surface area contributed by atoms with Gasteiger partial charge < -0.3 is 9.88 Å². The molecule has 0 spiro atoms. The topological polar surface area (TPSA) is 66.1 Å². The van der Waals surface area contributed by atoms with Gasteiger partial charge in [0.15, 0.2) is 5.16 Å². The number of thioether (sulfide) groups is 1. The SMILES string of the molecule is CCN(CC)C(=O)CSc1nc2sc3c(c2c(=O)[nH]1)CCC(C)C3. The van der Waals surface area contributed by atoms with Gasteiger partial charge in [0.2, 0.25) is 5.91 Å². The molecule has 3 rings (SSSR count). The first-order chi connectivity index (χ1) is 11.5. The van der Waals surface area contributed by atoms with E-state index in [1.165, 1.54) is 22.2 Å². The minimum Gasteiger partial charge on any atom is -0.343 e. The molecule has 7 heteroatoms. The number of aryl methyl sites for hydroxylation is 1. The predicted octanol–water partition coefficient (Wildman–Crippen LogP) is 3.07. The summed E-state index contributed by atoms with van der Waals surface area (Å²) in [5, 5.41) is 1.31. The first-order valence-electron chi connectivity index (χ1n) is 8.48. The number of carbonyl (C=O) groups excluding carboxylic acids is 1. The van der Waals surface area contributed by atoms with Crippen LogP contribution in [0.5, 0.6) is 0 Å². The number of amides is 1. The normalized spacial score (nSPS) is 17.0. The van der Waals surface area contributed by atoms with Gasteiger partial charge in [-0.05, 0) is 44.6 Å². The molecule has 24 heavy (non-hydrogen) atoms. The summed E-state index contributed by atoms with van der Waals surface area (Å²) in [6, 6.07) is 0. The van der Waals surface area contributed by atoms with Crippen molar-refractivity contribution in [3.63, 3.8) is 0 Å². The van der Waals surface area contributed by atoms with Gasteiger partial charge in [-0.3, -0.25) is 9.59 Å². The summed E-state index contributed by atoms with van der Waals surface area (Å²) in [5.41, 5.74) is 1.13. The third-order valence-corrected chi connectivity index (χ3v) is 6.60. The van der Waals surface area contributed by atoms with Crippen molar-refractivity contribution >= 4 is 39.2 Å². The number of nitrogens with one attached hydrogen (secondary N) is 1. The van der Waals surface area contributed by atoms with Crippen molar-refractivity contribution in [1.82, 2.24) is 14.9 Å². The lowest BCUT2D eigenvalue weighted by molar-refractivity contribution is -0.127. The van der Waals surface area contributed by atoms with E-state index >= 15 is 0 Å². The summed E-state index contributed by atoms with van der Waals surface area (Å²) in [4.78, 5) is 36.0. The Bertz CT molecular complexity index is 808. The smallest absolute Gasteiger partial charge is 0.260 e. The van der Waals surface area contributed by atoms with E-state index in [0.29, 0.717) is 29.9 Å². The molecule has 1 atom stereocenters. The van der Waals surface area contributed by atoms with Crippen LogP contribution in [0.15, 0.2) is 9.95 Å². The van der Waals surface area contributed by atoms with Crippen LogP contribution in [0, 0.1) is 5.92 Å². The van der Waals surface area contributed by atoms with Gasteiger partial charge >= 0.3 is 0 Å². The molecular formula is C17H23N3O2S2. The van der Waals surface area contributed by atoms with Crippen LogP contribution in [0.2, 0.25) is 0 Å². The Hall–Kier alpha value is -1.34. The standard InChI is InChI=1S/C17H23N3O2S2/c1-4-20(5-2)13(21)9-23-17-18-15(22)14-11-7-6-10(3)8-12(11)24-16(14)19-17/h10H,4-9H2,1-3H3,(H,18,19,22). The molecule has 2 aromatic heterocycles. The Morgan fingerprint density at radius 3 is 2.88 bits per heavy atom. The zero-order valence-corrected chi connectivity index (χ0v) is 16.0. The van der Waals surface area contributed by atoms with Gasteiger partial charge in [-0.1, -0.05) is 18.7 Å². The number of rotatable bonds is 5. The monoisotopic (exact) mass is 365 g/mol. The van der Waals surface area contributed by atoms with Crippen molar-refractivity contribution in [2.45, 2.75) is 45.2 Å². The number of nitrogens with zero attached hydrogens (tertiary/aromatic N) is 2. The van der Waals surface area contributed by atoms with Gasteiger partial charge in [0.25, 0.3) is 5.56 Å². The molecule has 5 nitrogen and oxygen atoms in total. The molecule has 0 aromatic carbocycles. The molecule has 1 N–H and O–H groups in total. The van der Waals surface area contributed by atoms with Crippen molar-refractivity contribution in [3.8, 4) is 0 Å². The highest BCUT2D eigenvalue weighted by atomic mass is 32.2. The zero-order chi connectivity index (χ0) is 17.3. The molecule has 0 saturated heterocycles. The Kier molecular flexibility index (Phi) is 5.30. The summed E-state index contributed by atoms with van der Waals surface area (Å²) < 4.78 is 0. The number of aromatic nitrogens is 2. The first kappa shape index (κ1) is 17.5. The van der Waals surface area contributed by atoms with E-state index in [2.05, 4.69) is 16.9 Å². The third-order valence-electron chi connectivity index (χ3n) is 4.59. The number of H-pyrrole nitrogens is 1. The highest BCUT2D eigenvalue weighted by Gasteiger charge is 2.23. The molecule has 0 aliphatic heterocycles. The van der Waals surface area contributed by atoms with Crippen molar-refractivity contribution in [3.05, 3.63) is 20.8 Å². The number of carbonyl (C=O) groups is 1. The van der Waals surface area contributed by atoms with Crippen molar-refractivity contribution in [2.75, 3.05) is 18.8 Å². The molecule has 0 radical (unpaired) electrons. The maximum absolute atomic E-state index is 12.5. The number of aromatic amines is 1. The first-order valence-corrected chi connectivity index (χ1v) is 10.3. The number of hydrogen-bond donors (Lipinski definition) is 1. The highest BCUT2D eigenvalue weighted by Crippen LogP contribution is 2.36.